The molecule has 0 saturated carbocycles. The first-order chi connectivity index (χ1) is 39.0. The van der Waals surface area contributed by atoms with Crippen LogP contribution in [0, 0.1) is 20.8 Å². The predicted octanol–water partition coefficient (Wildman–Crippen LogP) is 18.2. The monoisotopic (exact) mass is 1080 g/mol. The van der Waals surface area contributed by atoms with Crippen molar-refractivity contribution in [1.29, 1.82) is 0 Å². The molecule has 0 radical (unpaired) electrons. The number of rotatable bonds is 13. The molecular formula is C79H86N3+3. The van der Waals surface area contributed by atoms with Gasteiger partial charge in [-0.2, -0.15) is 0 Å². The molecule has 0 unspecified atom stereocenters. The van der Waals surface area contributed by atoms with Gasteiger partial charge in [0.25, 0.3) is 0 Å². The van der Waals surface area contributed by atoms with Crippen molar-refractivity contribution in [3.05, 3.63) is 256 Å². The quantitative estimate of drug-likeness (QED) is 0.102. The van der Waals surface area contributed by atoms with E-state index in [2.05, 4.69) is 319 Å². The van der Waals surface area contributed by atoms with Crippen molar-refractivity contribution < 1.29 is 13.7 Å². The van der Waals surface area contributed by atoms with Crippen molar-refractivity contribution in [2.45, 2.75) is 125 Å². The highest BCUT2D eigenvalue weighted by molar-refractivity contribution is 5.94. The zero-order valence-corrected chi connectivity index (χ0v) is 51.7. The van der Waals surface area contributed by atoms with Crippen LogP contribution < -0.4 is 13.7 Å². The Morgan fingerprint density at radius 1 is 0.268 bits per heavy atom. The maximum atomic E-state index is 2.49. The Balaban J connectivity index is 1.06. The number of aryl methyl sites for hydroxylation is 10. The summed E-state index contributed by atoms with van der Waals surface area (Å²) in [5, 5.41) is 0. The van der Waals surface area contributed by atoms with Crippen LogP contribution in [0.25, 0.3) is 78.3 Å². The molecule has 0 fully saturated rings. The normalized spacial score (nSPS) is 12.0. The molecule has 10 rings (SSSR count). The Kier molecular flexibility index (Phi) is 16.1. The molecule has 82 heavy (non-hydrogen) atoms. The van der Waals surface area contributed by atoms with E-state index in [1.807, 2.05) is 0 Å². The van der Waals surface area contributed by atoms with E-state index in [0.717, 1.165) is 25.7 Å². The van der Waals surface area contributed by atoms with Crippen molar-refractivity contribution in [3.8, 4) is 78.3 Å². The van der Waals surface area contributed by atoms with Crippen LogP contribution in [0.15, 0.2) is 201 Å². The lowest BCUT2D eigenvalue weighted by atomic mass is 9.84. The average Bonchev–Trinajstić information content (AvgIpc) is 2.96. The largest absolute Gasteiger partial charge is 0.212 e. The van der Waals surface area contributed by atoms with Gasteiger partial charge in [-0.25, -0.2) is 13.7 Å². The average molecular weight is 1080 g/mol. The number of pyridine rings is 3. The van der Waals surface area contributed by atoms with Gasteiger partial charge in [0.05, 0.1) is 0 Å². The third kappa shape index (κ3) is 12.6. The molecule has 0 atom stereocenters. The van der Waals surface area contributed by atoms with Crippen LogP contribution in [0.1, 0.15) is 118 Å². The molecular weight excluding hydrogens is 991 g/mol. The highest BCUT2D eigenvalue weighted by atomic mass is 14.9. The highest BCUT2D eigenvalue weighted by Gasteiger charge is 2.25. The summed E-state index contributed by atoms with van der Waals surface area (Å²) in [7, 11) is 6.50. The van der Waals surface area contributed by atoms with E-state index in [1.165, 1.54) is 134 Å². The van der Waals surface area contributed by atoms with Gasteiger partial charge < -0.3 is 0 Å². The molecule has 10 aromatic rings. The number of aromatic nitrogens is 3. The molecule has 0 aliphatic heterocycles. The third-order valence-corrected chi connectivity index (χ3v) is 17.1. The summed E-state index contributed by atoms with van der Waals surface area (Å²) in [4.78, 5) is 0. The first-order valence-corrected chi connectivity index (χ1v) is 29.7. The molecule has 0 amide bonds. The Morgan fingerprint density at radius 3 is 1.11 bits per heavy atom. The highest BCUT2D eigenvalue weighted by Crippen LogP contribution is 2.43. The van der Waals surface area contributed by atoms with E-state index < -0.39 is 0 Å². The summed E-state index contributed by atoms with van der Waals surface area (Å²) in [6.07, 6.45) is 10.4. The van der Waals surface area contributed by atoms with Crippen LogP contribution in [0.3, 0.4) is 0 Å². The van der Waals surface area contributed by atoms with Gasteiger partial charge in [-0.05, 0) is 187 Å². The summed E-state index contributed by atoms with van der Waals surface area (Å²) in [5.41, 5.74) is 30.9. The maximum absolute atomic E-state index is 2.49. The minimum atomic E-state index is 0.0154. The second-order valence-electron chi connectivity index (χ2n) is 26.5. The fourth-order valence-corrected chi connectivity index (χ4v) is 11.9. The summed E-state index contributed by atoms with van der Waals surface area (Å²) in [5.74, 6) is 0. The standard InChI is InChI=1S/C79H86N3/c1-53-43-56(29-35-67(53)74-49-64(77(4,5)6)37-40-80(74)13)25-27-58-46-59(28-26-57-30-36-68(54(2)44-57)75-50-65(78(7,8)9)38-41-81(75)14)48-63(47-58)69-23-19-20-24-70(69)73-45-55(3)71(76-51-66(79(10,11)12)39-42-82(76)15)52-72(73)62-33-31-61(32-34-62)60-21-17-16-18-22-60/h16-24,29-52H,25-28H2,1-15H3/q+3. The van der Waals surface area contributed by atoms with Gasteiger partial charge in [-0.3, -0.25) is 0 Å². The topological polar surface area (TPSA) is 11.6 Å². The second kappa shape index (κ2) is 23.1. The number of hydrogen-bond donors (Lipinski definition) is 0. The van der Waals surface area contributed by atoms with Gasteiger partial charge in [-0.1, -0.05) is 184 Å². The summed E-state index contributed by atoms with van der Waals surface area (Å²) >= 11 is 0. The molecule has 7 aromatic carbocycles. The zero-order chi connectivity index (χ0) is 58.3. The molecule has 0 bridgehead atoms. The first kappa shape index (κ1) is 57.2. The summed E-state index contributed by atoms with van der Waals surface area (Å²) in [6.45, 7) is 27.5. The lowest BCUT2D eigenvalue weighted by molar-refractivity contribution is -0.660. The van der Waals surface area contributed by atoms with Crippen LogP contribution in [0.5, 0.6) is 0 Å². The fourth-order valence-electron chi connectivity index (χ4n) is 11.9. The lowest BCUT2D eigenvalue weighted by Gasteiger charge is -2.21. The van der Waals surface area contributed by atoms with E-state index in [1.54, 1.807) is 0 Å². The first-order valence-electron chi connectivity index (χ1n) is 29.7. The smallest absolute Gasteiger partial charge is 0.201 e. The van der Waals surface area contributed by atoms with Crippen molar-refractivity contribution in [1.82, 2.24) is 0 Å². The molecule has 3 heteroatoms. The van der Waals surface area contributed by atoms with Crippen molar-refractivity contribution in [3.63, 3.8) is 0 Å². The van der Waals surface area contributed by atoms with E-state index in [0.29, 0.717) is 0 Å². The zero-order valence-electron chi connectivity index (χ0n) is 51.7. The Morgan fingerprint density at radius 2 is 0.659 bits per heavy atom. The van der Waals surface area contributed by atoms with Gasteiger partial charge in [0.1, 0.15) is 21.1 Å². The molecule has 0 aliphatic rings. The van der Waals surface area contributed by atoms with Crippen LogP contribution in [0.4, 0.5) is 0 Å². The maximum Gasteiger partial charge on any atom is 0.212 e. The predicted molar refractivity (Wildman–Crippen MR) is 346 cm³/mol. The van der Waals surface area contributed by atoms with Crippen LogP contribution in [-0.2, 0) is 63.1 Å². The number of benzene rings is 7. The molecule has 414 valence electrons. The van der Waals surface area contributed by atoms with Crippen molar-refractivity contribution in [2.75, 3.05) is 0 Å². The SMILES string of the molecule is Cc1cc(CCc2cc(CCc3ccc(-c4cc(C(C)(C)C)cc[n+]4C)c(C)c3)cc(-c3ccccc3-c3cc(C)c(-c4cc(C(C)(C)C)cc[n+]4C)cc3-c3ccc(-c4ccccc4)cc3)c2)ccc1-c1cc(C(C)(C)C)cc[n+]1C. The van der Waals surface area contributed by atoms with Gasteiger partial charge >= 0.3 is 0 Å². The Labute approximate surface area is 491 Å². The van der Waals surface area contributed by atoms with Crippen molar-refractivity contribution >= 4 is 0 Å². The van der Waals surface area contributed by atoms with Gasteiger partial charge in [-0.15, -0.1) is 0 Å². The van der Waals surface area contributed by atoms with Crippen molar-refractivity contribution in [2.24, 2.45) is 21.1 Å². The van der Waals surface area contributed by atoms with E-state index >= 15 is 0 Å². The lowest BCUT2D eigenvalue weighted by Crippen LogP contribution is -2.31. The van der Waals surface area contributed by atoms with Crippen LogP contribution in [0.2, 0.25) is 0 Å². The van der Waals surface area contributed by atoms with Gasteiger partial charge in [0.2, 0.25) is 17.1 Å². The molecule has 0 aliphatic carbocycles. The molecule has 3 nitrogen and oxygen atoms in total. The summed E-state index contributed by atoms with van der Waals surface area (Å²) < 4.78 is 6.80. The van der Waals surface area contributed by atoms with Gasteiger partial charge in [0, 0.05) is 53.1 Å². The van der Waals surface area contributed by atoms with Gasteiger partial charge in [0.15, 0.2) is 18.6 Å². The number of hydrogen-bond acceptors (Lipinski definition) is 0. The fraction of sp³-hybridized carbons (Fsp3) is 0.278. The molecule has 0 saturated heterocycles. The van der Waals surface area contributed by atoms with Crippen LogP contribution >= 0.6 is 0 Å². The minimum Gasteiger partial charge on any atom is -0.201 e. The van der Waals surface area contributed by atoms with E-state index in [4.69, 9.17) is 0 Å². The number of nitrogens with zero attached hydrogens (tertiary/aromatic N) is 3. The summed E-state index contributed by atoms with van der Waals surface area (Å²) in [6, 6.07) is 69.6. The Bertz CT molecular complexity index is 3830. The van der Waals surface area contributed by atoms with Crippen LogP contribution in [-0.4, -0.2) is 0 Å². The third-order valence-electron chi connectivity index (χ3n) is 17.1. The van der Waals surface area contributed by atoms with E-state index in [-0.39, 0.29) is 16.2 Å². The molecule has 3 aromatic heterocycles. The molecule has 0 spiro atoms. The second-order valence-corrected chi connectivity index (χ2v) is 26.5. The minimum absolute atomic E-state index is 0.0154. The van der Waals surface area contributed by atoms with E-state index in [9.17, 15) is 0 Å². The molecule has 3 heterocycles. The Hall–Kier alpha value is -8.01. The molecule has 0 N–H and O–H groups in total.